The topological polar surface area (TPSA) is 56.0 Å². The SMILES string of the molecule is C[C@H]1CN(C(=O)c2cccn2C(F)F)Cc2nnc(C3CC3)n21. The molecule has 2 aliphatic rings. The van der Waals surface area contributed by atoms with E-state index in [9.17, 15) is 13.6 Å². The third-order valence-corrected chi connectivity index (χ3v) is 4.49. The zero-order valence-electron chi connectivity index (χ0n) is 12.7. The first kappa shape index (κ1) is 14.3. The highest BCUT2D eigenvalue weighted by atomic mass is 19.3. The molecule has 6 nitrogen and oxygen atoms in total. The predicted molar refractivity (Wildman–Crippen MR) is 77.1 cm³/mol. The number of fused-ring (bicyclic) bond motifs is 1. The summed E-state index contributed by atoms with van der Waals surface area (Å²) in [7, 11) is 0. The fraction of sp³-hybridized carbons (Fsp3) is 0.533. The minimum atomic E-state index is -2.73. The van der Waals surface area contributed by atoms with Crippen LogP contribution in [0, 0.1) is 0 Å². The Morgan fingerprint density at radius 3 is 2.83 bits per heavy atom. The van der Waals surface area contributed by atoms with E-state index >= 15 is 0 Å². The van der Waals surface area contributed by atoms with Gasteiger partial charge in [0, 0.05) is 18.7 Å². The predicted octanol–water partition coefficient (Wildman–Crippen LogP) is 2.57. The maximum absolute atomic E-state index is 13.0. The maximum Gasteiger partial charge on any atom is 0.319 e. The third-order valence-electron chi connectivity index (χ3n) is 4.49. The lowest BCUT2D eigenvalue weighted by atomic mass is 10.2. The van der Waals surface area contributed by atoms with Crippen molar-refractivity contribution in [1.29, 1.82) is 0 Å². The fourth-order valence-corrected chi connectivity index (χ4v) is 3.24. The van der Waals surface area contributed by atoms with Crippen molar-refractivity contribution in [1.82, 2.24) is 24.2 Å². The molecule has 0 spiro atoms. The Labute approximate surface area is 131 Å². The fourth-order valence-electron chi connectivity index (χ4n) is 3.24. The molecule has 2 aromatic rings. The van der Waals surface area contributed by atoms with Crippen LogP contribution < -0.4 is 0 Å². The van der Waals surface area contributed by atoms with Gasteiger partial charge in [-0.2, -0.15) is 8.78 Å². The van der Waals surface area contributed by atoms with E-state index in [-0.39, 0.29) is 11.7 Å². The number of amides is 1. The monoisotopic (exact) mass is 321 g/mol. The number of carbonyl (C=O) groups is 1. The summed E-state index contributed by atoms with van der Waals surface area (Å²) in [6.45, 7) is 0.0518. The second kappa shape index (κ2) is 5.14. The Kier molecular flexibility index (Phi) is 3.21. The van der Waals surface area contributed by atoms with E-state index in [1.165, 1.54) is 18.3 Å². The van der Waals surface area contributed by atoms with Gasteiger partial charge in [0.05, 0.1) is 12.6 Å². The normalized spacial score (nSPS) is 20.9. The summed E-state index contributed by atoms with van der Waals surface area (Å²) in [6.07, 6.45) is 3.49. The molecular formula is C15H17F2N5O. The average molecular weight is 321 g/mol. The lowest BCUT2D eigenvalue weighted by Crippen LogP contribution is -2.41. The Hall–Kier alpha value is -2.25. The molecule has 1 saturated carbocycles. The van der Waals surface area contributed by atoms with Gasteiger partial charge in [-0.05, 0) is 31.9 Å². The first-order chi connectivity index (χ1) is 11.1. The van der Waals surface area contributed by atoms with Crippen LogP contribution in [-0.4, -0.2) is 36.7 Å². The van der Waals surface area contributed by atoms with Crippen molar-refractivity contribution in [2.75, 3.05) is 6.54 Å². The Bertz CT molecular complexity index is 749. The summed E-state index contributed by atoms with van der Waals surface area (Å²) in [5, 5.41) is 8.47. The molecule has 3 heterocycles. The van der Waals surface area contributed by atoms with E-state index in [4.69, 9.17) is 0 Å². The molecule has 0 aromatic carbocycles. The molecule has 122 valence electrons. The van der Waals surface area contributed by atoms with Crippen LogP contribution in [0.2, 0.25) is 0 Å². The summed E-state index contributed by atoms with van der Waals surface area (Å²) in [5.41, 5.74) is 0.00239. The van der Waals surface area contributed by atoms with Gasteiger partial charge in [-0.25, -0.2) is 0 Å². The van der Waals surface area contributed by atoms with Crippen LogP contribution in [0.15, 0.2) is 18.3 Å². The highest BCUT2D eigenvalue weighted by Crippen LogP contribution is 2.41. The van der Waals surface area contributed by atoms with Gasteiger partial charge in [0.25, 0.3) is 5.91 Å². The van der Waals surface area contributed by atoms with E-state index in [1.54, 1.807) is 4.90 Å². The number of hydrogen-bond donors (Lipinski definition) is 0. The molecule has 4 rings (SSSR count). The second-order valence-electron chi connectivity index (χ2n) is 6.23. The summed E-state index contributed by atoms with van der Waals surface area (Å²) in [6, 6.07) is 2.93. The lowest BCUT2D eigenvalue weighted by molar-refractivity contribution is 0.0526. The van der Waals surface area contributed by atoms with Crippen LogP contribution in [0.1, 0.15) is 60.4 Å². The molecule has 0 unspecified atom stereocenters. The van der Waals surface area contributed by atoms with Crippen molar-refractivity contribution in [2.24, 2.45) is 0 Å². The van der Waals surface area contributed by atoms with E-state index in [0.717, 1.165) is 24.5 Å². The van der Waals surface area contributed by atoms with Crippen LogP contribution in [-0.2, 0) is 6.54 Å². The first-order valence-corrected chi connectivity index (χ1v) is 7.74. The molecule has 1 amide bonds. The van der Waals surface area contributed by atoms with Crippen molar-refractivity contribution >= 4 is 5.91 Å². The van der Waals surface area contributed by atoms with Crippen LogP contribution in [0.25, 0.3) is 0 Å². The van der Waals surface area contributed by atoms with E-state index in [2.05, 4.69) is 14.8 Å². The van der Waals surface area contributed by atoms with Crippen molar-refractivity contribution in [2.45, 2.75) is 44.8 Å². The molecule has 23 heavy (non-hydrogen) atoms. The number of hydrogen-bond acceptors (Lipinski definition) is 3. The number of rotatable bonds is 3. The average Bonchev–Trinajstić information content (AvgIpc) is 3.09. The Morgan fingerprint density at radius 2 is 2.13 bits per heavy atom. The number of aromatic nitrogens is 4. The maximum atomic E-state index is 13.0. The third kappa shape index (κ3) is 2.32. The first-order valence-electron chi connectivity index (χ1n) is 7.74. The second-order valence-corrected chi connectivity index (χ2v) is 6.23. The van der Waals surface area contributed by atoms with Gasteiger partial charge in [0.2, 0.25) is 0 Å². The van der Waals surface area contributed by atoms with Gasteiger partial charge in [-0.1, -0.05) is 0 Å². The molecule has 8 heteroatoms. The smallest absolute Gasteiger partial charge is 0.319 e. The summed E-state index contributed by atoms with van der Waals surface area (Å²) < 4.78 is 28.7. The van der Waals surface area contributed by atoms with E-state index in [0.29, 0.717) is 23.6 Å². The largest absolute Gasteiger partial charge is 0.328 e. The van der Waals surface area contributed by atoms with Gasteiger partial charge in [-0.15, -0.1) is 10.2 Å². The molecule has 1 fully saturated rings. The van der Waals surface area contributed by atoms with Crippen molar-refractivity contribution in [3.05, 3.63) is 35.7 Å². The Morgan fingerprint density at radius 1 is 1.35 bits per heavy atom. The Balaban J connectivity index is 1.61. The number of alkyl halides is 2. The van der Waals surface area contributed by atoms with Crippen molar-refractivity contribution < 1.29 is 13.6 Å². The van der Waals surface area contributed by atoms with Gasteiger partial charge < -0.3 is 9.47 Å². The molecule has 1 aliphatic carbocycles. The van der Waals surface area contributed by atoms with Gasteiger partial charge in [-0.3, -0.25) is 9.36 Å². The molecule has 1 atom stereocenters. The molecule has 0 N–H and O–H groups in total. The van der Waals surface area contributed by atoms with Crippen LogP contribution in [0.5, 0.6) is 0 Å². The minimum absolute atomic E-state index is 0.00239. The minimum Gasteiger partial charge on any atom is -0.328 e. The summed E-state index contributed by atoms with van der Waals surface area (Å²) >= 11 is 0. The lowest BCUT2D eigenvalue weighted by Gasteiger charge is -2.32. The molecule has 1 aliphatic heterocycles. The quantitative estimate of drug-likeness (QED) is 0.873. The van der Waals surface area contributed by atoms with Gasteiger partial charge in [0.1, 0.15) is 11.5 Å². The molecule has 0 radical (unpaired) electrons. The summed E-state index contributed by atoms with van der Waals surface area (Å²) in [4.78, 5) is 14.2. The molecular weight excluding hydrogens is 304 g/mol. The zero-order chi connectivity index (χ0) is 16.1. The van der Waals surface area contributed by atoms with E-state index in [1.807, 2.05) is 6.92 Å². The van der Waals surface area contributed by atoms with E-state index < -0.39 is 12.5 Å². The van der Waals surface area contributed by atoms with Gasteiger partial charge >= 0.3 is 6.55 Å². The van der Waals surface area contributed by atoms with Crippen molar-refractivity contribution in [3.63, 3.8) is 0 Å². The van der Waals surface area contributed by atoms with Crippen LogP contribution >= 0.6 is 0 Å². The molecule has 0 bridgehead atoms. The van der Waals surface area contributed by atoms with Crippen molar-refractivity contribution in [3.8, 4) is 0 Å². The highest BCUT2D eigenvalue weighted by molar-refractivity contribution is 5.92. The zero-order valence-corrected chi connectivity index (χ0v) is 12.7. The summed E-state index contributed by atoms with van der Waals surface area (Å²) in [5.74, 6) is 1.81. The number of nitrogens with zero attached hydrogens (tertiary/aromatic N) is 5. The number of halogens is 2. The van der Waals surface area contributed by atoms with Crippen LogP contribution in [0.3, 0.4) is 0 Å². The highest BCUT2D eigenvalue weighted by Gasteiger charge is 2.36. The molecule has 2 aromatic heterocycles. The number of carbonyl (C=O) groups excluding carboxylic acids is 1. The van der Waals surface area contributed by atoms with Crippen LogP contribution in [0.4, 0.5) is 8.78 Å². The van der Waals surface area contributed by atoms with Gasteiger partial charge in [0.15, 0.2) is 5.82 Å². The standard InChI is InChI=1S/C15H17F2N5O/c1-9-7-20(14(23)11-3-2-6-21(11)15(16)17)8-12-18-19-13(22(9)12)10-4-5-10/h2-3,6,9-10,15H,4-5,7-8H2,1H3/t9-/m0/s1. The molecule has 0 saturated heterocycles.